The highest BCUT2D eigenvalue weighted by Gasteiger charge is 2.21. The van der Waals surface area contributed by atoms with E-state index in [1.165, 1.54) is 19.3 Å². The second-order valence-electron chi connectivity index (χ2n) is 3.99. The van der Waals surface area contributed by atoms with E-state index in [2.05, 4.69) is 6.92 Å². The number of rotatable bonds is 4. The van der Waals surface area contributed by atoms with Crippen molar-refractivity contribution >= 4 is 11.6 Å². The lowest BCUT2D eigenvalue weighted by molar-refractivity contribution is 0.0165. The first-order valence-electron chi connectivity index (χ1n) is 5.41. The smallest absolute Gasteiger partial charge is 0.143 e. The van der Waals surface area contributed by atoms with Crippen molar-refractivity contribution in [2.45, 2.75) is 50.5 Å². The molecule has 80 valence electrons. The van der Waals surface area contributed by atoms with E-state index < -0.39 is 5.38 Å². The number of hydrogen-bond acceptors (Lipinski definition) is 2. The highest BCUT2D eigenvalue weighted by molar-refractivity contribution is 6.22. The van der Waals surface area contributed by atoms with E-state index in [4.69, 9.17) is 21.6 Å². The lowest BCUT2D eigenvalue weighted by Crippen LogP contribution is -2.24. The first kappa shape index (κ1) is 11.8. The molecule has 0 bridgehead atoms. The predicted molar refractivity (Wildman–Crippen MR) is 57.2 cm³/mol. The van der Waals surface area contributed by atoms with Gasteiger partial charge in [0, 0.05) is 0 Å². The summed E-state index contributed by atoms with van der Waals surface area (Å²) in [5, 5.41) is 8.01. The van der Waals surface area contributed by atoms with Crippen LogP contribution in [0.15, 0.2) is 0 Å². The number of ether oxygens (including phenoxy) is 1. The summed E-state index contributed by atoms with van der Waals surface area (Å²) in [4.78, 5) is 0. The fourth-order valence-corrected chi connectivity index (χ4v) is 2.09. The molecule has 14 heavy (non-hydrogen) atoms. The van der Waals surface area contributed by atoms with Crippen molar-refractivity contribution in [1.82, 2.24) is 0 Å². The molecule has 0 spiro atoms. The molecular formula is C11H18ClNO. The Bertz CT molecular complexity index is 202. The molecule has 2 nitrogen and oxygen atoms in total. The van der Waals surface area contributed by atoms with Crippen molar-refractivity contribution in [2.75, 3.05) is 6.61 Å². The molecule has 0 amide bonds. The summed E-state index contributed by atoms with van der Waals surface area (Å²) in [5.41, 5.74) is 0. The summed E-state index contributed by atoms with van der Waals surface area (Å²) in [7, 11) is 0. The van der Waals surface area contributed by atoms with Crippen LogP contribution in [0.4, 0.5) is 0 Å². The van der Waals surface area contributed by atoms with Crippen molar-refractivity contribution < 1.29 is 4.74 Å². The van der Waals surface area contributed by atoms with Crippen LogP contribution in [0.1, 0.15) is 39.0 Å². The van der Waals surface area contributed by atoms with E-state index in [1.807, 2.05) is 6.07 Å². The number of alkyl halides is 1. The number of nitrogens with zero attached hydrogens (tertiary/aromatic N) is 1. The van der Waals surface area contributed by atoms with Gasteiger partial charge in [-0.05, 0) is 18.8 Å². The second kappa shape index (κ2) is 6.27. The standard InChI is InChI=1S/C11H18ClNO/c1-2-9-4-3-5-11(6-9)14-8-10(12)7-13/h9-11H,2-6,8H2,1H3. The monoisotopic (exact) mass is 215 g/mol. The van der Waals surface area contributed by atoms with Crippen LogP contribution in [-0.2, 0) is 4.74 Å². The van der Waals surface area contributed by atoms with E-state index in [-0.39, 0.29) is 0 Å². The van der Waals surface area contributed by atoms with E-state index in [0.717, 1.165) is 18.8 Å². The Morgan fingerprint density at radius 1 is 1.57 bits per heavy atom. The molecule has 3 unspecified atom stereocenters. The average Bonchev–Trinajstić information content (AvgIpc) is 2.26. The van der Waals surface area contributed by atoms with Crippen LogP contribution >= 0.6 is 11.6 Å². The number of hydrogen-bond donors (Lipinski definition) is 0. The average molecular weight is 216 g/mol. The summed E-state index contributed by atoms with van der Waals surface area (Å²) in [5.74, 6) is 0.810. The molecule has 1 aliphatic carbocycles. The molecule has 1 aliphatic rings. The maximum atomic E-state index is 8.50. The van der Waals surface area contributed by atoms with Gasteiger partial charge in [-0.3, -0.25) is 0 Å². The van der Waals surface area contributed by atoms with Gasteiger partial charge in [-0.2, -0.15) is 5.26 Å². The van der Waals surface area contributed by atoms with Gasteiger partial charge in [-0.1, -0.05) is 26.2 Å². The summed E-state index contributed by atoms with van der Waals surface area (Å²) in [6.45, 7) is 2.60. The second-order valence-corrected chi connectivity index (χ2v) is 4.52. The number of nitriles is 1. The lowest BCUT2D eigenvalue weighted by Gasteiger charge is -2.28. The van der Waals surface area contributed by atoms with Crippen molar-refractivity contribution in [3.05, 3.63) is 0 Å². The first-order chi connectivity index (χ1) is 6.76. The van der Waals surface area contributed by atoms with Crippen LogP contribution in [0.3, 0.4) is 0 Å². The van der Waals surface area contributed by atoms with Gasteiger partial charge in [0.1, 0.15) is 5.38 Å². The van der Waals surface area contributed by atoms with Gasteiger partial charge >= 0.3 is 0 Å². The fraction of sp³-hybridized carbons (Fsp3) is 0.909. The van der Waals surface area contributed by atoms with Crippen LogP contribution in [0, 0.1) is 17.2 Å². The van der Waals surface area contributed by atoms with Crippen LogP contribution in [-0.4, -0.2) is 18.1 Å². The highest BCUT2D eigenvalue weighted by atomic mass is 35.5. The van der Waals surface area contributed by atoms with Gasteiger partial charge in [-0.15, -0.1) is 11.6 Å². The van der Waals surface area contributed by atoms with Crippen LogP contribution in [0.2, 0.25) is 0 Å². The van der Waals surface area contributed by atoms with E-state index in [1.54, 1.807) is 0 Å². The third-order valence-corrected chi connectivity index (χ3v) is 3.15. The van der Waals surface area contributed by atoms with Gasteiger partial charge in [0.15, 0.2) is 0 Å². The van der Waals surface area contributed by atoms with Gasteiger partial charge < -0.3 is 4.74 Å². The zero-order valence-corrected chi connectivity index (χ0v) is 9.46. The molecule has 0 aromatic heterocycles. The molecule has 0 radical (unpaired) electrons. The summed E-state index contributed by atoms with van der Waals surface area (Å²) in [6, 6.07) is 1.97. The van der Waals surface area contributed by atoms with Crippen LogP contribution in [0.5, 0.6) is 0 Å². The molecule has 0 N–H and O–H groups in total. The fourth-order valence-electron chi connectivity index (χ4n) is 2.02. The molecule has 0 heterocycles. The molecule has 0 aromatic carbocycles. The van der Waals surface area contributed by atoms with Crippen LogP contribution < -0.4 is 0 Å². The minimum atomic E-state index is -0.489. The Labute approximate surface area is 91.2 Å². The minimum Gasteiger partial charge on any atom is -0.376 e. The highest BCUT2D eigenvalue weighted by Crippen LogP contribution is 2.28. The normalized spacial score (nSPS) is 29.5. The molecule has 3 heteroatoms. The Hall–Kier alpha value is -0.260. The Balaban J connectivity index is 2.21. The van der Waals surface area contributed by atoms with Crippen molar-refractivity contribution in [3.8, 4) is 6.07 Å². The zero-order chi connectivity index (χ0) is 10.4. The Morgan fingerprint density at radius 3 is 3.00 bits per heavy atom. The van der Waals surface area contributed by atoms with Crippen molar-refractivity contribution in [2.24, 2.45) is 5.92 Å². The number of halogens is 1. The van der Waals surface area contributed by atoms with E-state index in [0.29, 0.717) is 12.7 Å². The predicted octanol–water partition coefficient (Wildman–Crippen LogP) is 3.10. The third kappa shape index (κ3) is 3.86. The van der Waals surface area contributed by atoms with Crippen LogP contribution in [0.25, 0.3) is 0 Å². The topological polar surface area (TPSA) is 33.0 Å². The molecule has 0 aliphatic heterocycles. The lowest BCUT2D eigenvalue weighted by atomic mass is 9.85. The van der Waals surface area contributed by atoms with Gasteiger partial charge in [0.25, 0.3) is 0 Å². The molecule has 1 saturated carbocycles. The van der Waals surface area contributed by atoms with Gasteiger partial charge in [0.2, 0.25) is 0 Å². The molecule has 0 saturated heterocycles. The largest absolute Gasteiger partial charge is 0.376 e. The maximum absolute atomic E-state index is 8.50. The maximum Gasteiger partial charge on any atom is 0.143 e. The van der Waals surface area contributed by atoms with Gasteiger partial charge in [0.05, 0.1) is 18.8 Å². The van der Waals surface area contributed by atoms with Gasteiger partial charge in [-0.25, -0.2) is 0 Å². The third-order valence-electron chi connectivity index (χ3n) is 2.93. The summed E-state index contributed by atoms with van der Waals surface area (Å²) >= 11 is 5.67. The van der Waals surface area contributed by atoms with Crippen molar-refractivity contribution in [3.63, 3.8) is 0 Å². The molecule has 1 rings (SSSR count). The molecular weight excluding hydrogens is 198 g/mol. The first-order valence-corrected chi connectivity index (χ1v) is 5.85. The minimum absolute atomic E-state index is 0.336. The zero-order valence-electron chi connectivity index (χ0n) is 8.71. The summed E-state index contributed by atoms with van der Waals surface area (Å²) in [6.07, 6.45) is 6.43. The molecule has 1 fully saturated rings. The Kier molecular flexibility index (Phi) is 5.29. The SMILES string of the molecule is CCC1CCCC(OCC(Cl)C#N)C1. The van der Waals surface area contributed by atoms with Crippen molar-refractivity contribution in [1.29, 1.82) is 5.26 Å². The van der Waals surface area contributed by atoms with E-state index >= 15 is 0 Å². The quantitative estimate of drug-likeness (QED) is 0.676. The van der Waals surface area contributed by atoms with E-state index in [9.17, 15) is 0 Å². The summed E-state index contributed by atoms with van der Waals surface area (Å²) < 4.78 is 5.61. The molecule has 0 aromatic rings. The molecule has 3 atom stereocenters. The Morgan fingerprint density at radius 2 is 2.36 bits per heavy atom.